The lowest BCUT2D eigenvalue weighted by molar-refractivity contribution is -0.133. The van der Waals surface area contributed by atoms with E-state index in [2.05, 4.69) is 58.7 Å². The van der Waals surface area contributed by atoms with Crippen LogP contribution in [-0.4, -0.2) is 77.4 Å². The van der Waals surface area contributed by atoms with Crippen molar-refractivity contribution in [3.05, 3.63) is 29.6 Å². The number of likely N-dealkylation sites (N-methyl/N-ethyl adjacent to an activating group) is 1. The summed E-state index contributed by atoms with van der Waals surface area (Å²) in [5, 5.41) is 0. The summed E-state index contributed by atoms with van der Waals surface area (Å²) in [6.45, 7) is 13.9. The Balaban J connectivity index is 1.35. The van der Waals surface area contributed by atoms with Crippen LogP contribution in [0.5, 0.6) is 0 Å². The smallest absolute Gasteiger partial charge is 0.222 e. The Kier molecular flexibility index (Phi) is 7.86. The lowest BCUT2D eigenvalue weighted by atomic mass is 9.91. The number of amides is 1. The van der Waals surface area contributed by atoms with Gasteiger partial charge in [-0.1, -0.05) is 13.0 Å². The van der Waals surface area contributed by atoms with Gasteiger partial charge >= 0.3 is 0 Å². The van der Waals surface area contributed by atoms with E-state index >= 15 is 0 Å². The summed E-state index contributed by atoms with van der Waals surface area (Å²) >= 11 is 0. The quantitative estimate of drug-likeness (QED) is 0.722. The van der Waals surface area contributed by atoms with Crippen molar-refractivity contribution in [2.24, 2.45) is 5.92 Å². The van der Waals surface area contributed by atoms with E-state index < -0.39 is 0 Å². The molecule has 3 heterocycles. The Morgan fingerprint density at radius 2 is 1.86 bits per heavy atom. The molecule has 2 aliphatic rings. The third kappa shape index (κ3) is 6.02. The van der Waals surface area contributed by atoms with E-state index in [9.17, 15) is 4.79 Å². The van der Waals surface area contributed by atoms with Crippen LogP contribution in [0.4, 0.5) is 0 Å². The topological polar surface area (TPSA) is 39.7 Å². The van der Waals surface area contributed by atoms with E-state index in [1.165, 1.54) is 18.5 Å². The predicted molar refractivity (Wildman–Crippen MR) is 114 cm³/mol. The van der Waals surface area contributed by atoms with Crippen molar-refractivity contribution in [2.75, 3.05) is 45.8 Å². The summed E-state index contributed by atoms with van der Waals surface area (Å²) in [6, 6.07) is 6.84. The minimum atomic E-state index is 0.372. The van der Waals surface area contributed by atoms with Gasteiger partial charge in [0.2, 0.25) is 5.91 Å². The minimum Gasteiger partial charge on any atom is -0.340 e. The summed E-state index contributed by atoms with van der Waals surface area (Å²) in [5.74, 6) is 1.08. The first kappa shape index (κ1) is 21.3. The predicted octanol–water partition coefficient (Wildman–Crippen LogP) is 2.98. The lowest BCUT2D eigenvalue weighted by Crippen LogP contribution is -2.48. The highest BCUT2D eigenvalue weighted by atomic mass is 16.2. The summed E-state index contributed by atoms with van der Waals surface area (Å²) in [7, 11) is 0. The first-order valence-corrected chi connectivity index (χ1v) is 11.2. The Hall–Kier alpha value is -1.46. The maximum Gasteiger partial charge on any atom is 0.222 e. The number of pyridine rings is 1. The summed E-state index contributed by atoms with van der Waals surface area (Å²) in [5.41, 5.74) is 2.30. The zero-order valence-electron chi connectivity index (χ0n) is 18.1. The molecule has 0 aliphatic carbocycles. The molecule has 0 spiro atoms. The van der Waals surface area contributed by atoms with Crippen LogP contribution in [0.25, 0.3) is 0 Å². The van der Waals surface area contributed by atoms with Gasteiger partial charge in [0.15, 0.2) is 0 Å². The standard InChI is InChI=1S/C23H38N4O/c1-4-25-14-16-27(17-15-25)23(28)9-8-21-10-12-26(13-11-21)20(3)18-22-7-5-6-19(2)24-22/h5-7,20-21H,4,8-18H2,1-3H3. The van der Waals surface area contributed by atoms with Crippen LogP contribution in [0.15, 0.2) is 18.2 Å². The SMILES string of the molecule is CCN1CCN(C(=O)CCC2CCN(C(C)Cc3cccc(C)n3)CC2)CC1. The first-order chi connectivity index (χ1) is 13.5. The van der Waals surface area contributed by atoms with Gasteiger partial charge in [0, 0.05) is 56.5 Å². The number of rotatable bonds is 7. The average Bonchev–Trinajstić information content (AvgIpc) is 2.72. The van der Waals surface area contributed by atoms with E-state index in [-0.39, 0.29) is 0 Å². The van der Waals surface area contributed by atoms with Crippen LogP contribution < -0.4 is 0 Å². The second kappa shape index (κ2) is 10.4. The van der Waals surface area contributed by atoms with Crippen molar-refractivity contribution in [1.82, 2.24) is 19.7 Å². The molecule has 5 heteroatoms. The molecular formula is C23H38N4O. The second-order valence-electron chi connectivity index (χ2n) is 8.66. The first-order valence-electron chi connectivity index (χ1n) is 11.2. The van der Waals surface area contributed by atoms with Crippen LogP contribution in [0.2, 0.25) is 0 Å². The number of carbonyl (C=O) groups excluding carboxylic acids is 1. The van der Waals surface area contributed by atoms with Crippen molar-refractivity contribution < 1.29 is 4.79 Å². The Bertz CT molecular complexity index is 619. The Morgan fingerprint density at radius 3 is 2.50 bits per heavy atom. The summed E-state index contributed by atoms with van der Waals surface area (Å²) in [4.78, 5) is 24.3. The highest BCUT2D eigenvalue weighted by molar-refractivity contribution is 5.76. The van der Waals surface area contributed by atoms with Crippen LogP contribution >= 0.6 is 0 Å². The van der Waals surface area contributed by atoms with Crippen molar-refractivity contribution in [1.29, 1.82) is 0 Å². The highest BCUT2D eigenvalue weighted by Gasteiger charge is 2.25. The monoisotopic (exact) mass is 386 g/mol. The number of hydrogen-bond acceptors (Lipinski definition) is 4. The molecule has 0 saturated carbocycles. The molecule has 0 N–H and O–H groups in total. The zero-order chi connectivity index (χ0) is 19.9. The Labute approximate surface area is 171 Å². The normalized spacial score (nSPS) is 21.0. The molecule has 2 saturated heterocycles. The van der Waals surface area contributed by atoms with Gasteiger partial charge in [-0.05, 0) is 70.8 Å². The molecule has 2 fully saturated rings. The maximum atomic E-state index is 12.5. The molecule has 1 atom stereocenters. The van der Waals surface area contributed by atoms with Crippen LogP contribution in [-0.2, 0) is 11.2 Å². The molecule has 5 nitrogen and oxygen atoms in total. The van der Waals surface area contributed by atoms with Crippen molar-refractivity contribution in [3.63, 3.8) is 0 Å². The minimum absolute atomic E-state index is 0.372. The van der Waals surface area contributed by atoms with Crippen LogP contribution in [0.3, 0.4) is 0 Å². The van der Waals surface area contributed by atoms with Gasteiger partial charge in [0.05, 0.1) is 0 Å². The number of carbonyl (C=O) groups is 1. The molecule has 28 heavy (non-hydrogen) atoms. The zero-order valence-corrected chi connectivity index (χ0v) is 18.1. The molecule has 0 bridgehead atoms. The van der Waals surface area contributed by atoms with Gasteiger partial charge in [-0.15, -0.1) is 0 Å². The molecular weight excluding hydrogens is 348 g/mol. The number of likely N-dealkylation sites (tertiary alicyclic amines) is 1. The summed E-state index contributed by atoms with van der Waals surface area (Å²) in [6.07, 6.45) is 5.27. The van der Waals surface area contributed by atoms with E-state index in [0.29, 0.717) is 17.9 Å². The van der Waals surface area contributed by atoms with Gasteiger partial charge < -0.3 is 14.7 Å². The number of piperidine rings is 1. The molecule has 3 rings (SSSR count). The van der Waals surface area contributed by atoms with E-state index in [1.807, 2.05) is 0 Å². The van der Waals surface area contributed by atoms with Crippen LogP contribution in [0, 0.1) is 12.8 Å². The molecule has 1 unspecified atom stereocenters. The second-order valence-corrected chi connectivity index (χ2v) is 8.66. The maximum absolute atomic E-state index is 12.5. The largest absolute Gasteiger partial charge is 0.340 e. The number of piperazine rings is 1. The highest BCUT2D eigenvalue weighted by Crippen LogP contribution is 2.24. The number of aromatic nitrogens is 1. The molecule has 2 aliphatic heterocycles. The van der Waals surface area contributed by atoms with E-state index in [4.69, 9.17) is 0 Å². The fourth-order valence-electron chi connectivity index (χ4n) is 4.63. The average molecular weight is 387 g/mol. The van der Waals surface area contributed by atoms with E-state index in [0.717, 1.165) is 70.8 Å². The number of aryl methyl sites for hydroxylation is 1. The molecule has 1 aromatic rings. The Morgan fingerprint density at radius 1 is 1.14 bits per heavy atom. The van der Waals surface area contributed by atoms with Crippen LogP contribution in [0.1, 0.15) is 50.9 Å². The third-order valence-electron chi connectivity index (χ3n) is 6.66. The molecule has 0 radical (unpaired) electrons. The van der Waals surface area contributed by atoms with Gasteiger partial charge in [0.1, 0.15) is 0 Å². The molecule has 0 aromatic carbocycles. The number of hydrogen-bond donors (Lipinski definition) is 0. The van der Waals surface area contributed by atoms with Crippen molar-refractivity contribution >= 4 is 5.91 Å². The molecule has 156 valence electrons. The van der Waals surface area contributed by atoms with Gasteiger partial charge in [-0.2, -0.15) is 0 Å². The van der Waals surface area contributed by atoms with Crippen molar-refractivity contribution in [3.8, 4) is 0 Å². The fourth-order valence-corrected chi connectivity index (χ4v) is 4.63. The molecule has 1 aromatic heterocycles. The summed E-state index contributed by atoms with van der Waals surface area (Å²) < 4.78 is 0. The molecule has 1 amide bonds. The number of nitrogens with zero attached hydrogens (tertiary/aromatic N) is 4. The third-order valence-corrected chi connectivity index (χ3v) is 6.66. The van der Waals surface area contributed by atoms with E-state index in [1.54, 1.807) is 0 Å². The van der Waals surface area contributed by atoms with Gasteiger partial charge in [0.25, 0.3) is 0 Å². The van der Waals surface area contributed by atoms with Crippen molar-refractivity contribution in [2.45, 2.75) is 58.9 Å². The fraction of sp³-hybridized carbons (Fsp3) is 0.739. The lowest BCUT2D eigenvalue weighted by Gasteiger charge is -2.37. The van der Waals surface area contributed by atoms with Gasteiger partial charge in [-0.3, -0.25) is 9.78 Å². The van der Waals surface area contributed by atoms with Gasteiger partial charge in [-0.25, -0.2) is 0 Å².